The Morgan fingerprint density at radius 2 is 2.33 bits per heavy atom. The number of hydrogen-bond donors (Lipinski definition) is 2. The minimum atomic E-state index is -0.258. The van der Waals surface area contributed by atoms with E-state index in [1.165, 1.54) is 25.0 Å². The van der Waals surface area contributed by atoms with E-state index < -0.39 is 0 Å². The van der Waals surface area contributed by atoms with Crippen molar-refractivity contribution in [1.82, 2.24) is 5.43 Å². The van der Waals surface area contributed by atoms with Crippen molar-refractivity contribution in [3.05, 3.63) is 29.6 Å². The van der Waals surface area contributed by atoms with Crippen molar-refractivity contribution < 1.29 is 9.13 Å². The number of hydrazine groups is 1. The van der Waals surface area contributed by atoms with Gasteiger partial charge in [0.2, 0.25) is 0 Å². The van der Waals surface area contributed by atoms with Gasteiger partial charge < -0.3 is 4.74 Å². The summed E-state index contributed by atoms with van der Waals surface area (Å²) >= 11 is 1.90. The summed E-state index contributed by atoms with van der Waals surface area (Å²) in [5, 5.41) is 0.374. The van der Waals surface area contributed by atoms with Gasteiger partial charge in [0.05, 0.1) is 13.2 Å². The molecule has 1 aromatic rings. The largest absolute Gasteiger partial charge is 0.496 e. The summed E-state index contributed by atoms with van der Waals surface area (Å²) in [5.74, 6) is 7.24. The zero-order chi connectivity index (χ0) is 13.0. The van der Waals surface area contributed by atoms with E-state index >= 15 is 0 Å². The number of thioether (sulfide) groups is 1. The quantitative estimate of drug-likeness (QED) is 0.652. The Balaban J connectivity index is 2.27. The molecule has 1 heterocycles. The second-order valence-electron chi connectivity index (χ2n) is 4.44. The number of rotatable bonds is 4. The maximum Gasteiger partial charge on any atom is 0.123 e. The smallest absolute Gasteiger partial charge is 0.123 e. The highest BCUT2D eigenvalue weighted by Gasteiger charge is 2.27. The first-order chi connectivity index (χ1) is 8.76. The van der Waals surface area contributed by atoms with Crippen LogP contribution in [0.3, 0.4) is 0 Å². The van der Waals surface area contributed by atoms with Gasteiger partial charge in [-0.2, -0.15) is 11.8 Å². The van der Waals surface area contributed by atoms with E-state index in [1.807, 2.05) is 11.8 Å². The monoisotopic (exact) mass is 270 g/mol. The average molecular weight is 270 g/mol. The molecule has 2 rings (SSSR count). The lowest BCUT2D eigenvalue weighted by molar-refractivity contribution is 0.392. The molecule has 18 heavy (non-hydrogen) atoms. The molecule has 1 aliphatic rings. The molecule has 3 nitrogen and oxygen atoms in total. The van der Waals surface area contributed by atoms with Crippen molar-refractivity contribution in [2.75, 3.05) is 12.9 Å². The lowest BCUT2D eigenvalue weighted by atomic mass is 9.99. The number of halogens is 1. The zero-order valence-electron chi connectivity index (χ0n) is 10.5. The molecule has 3 N–H and O–H groups in total. The topological polar surface area (TPSA) is 47.3 Å². The highest BCUT2D eigenvalue weighted by atomic mass is 32.2. The van der Waals surface area contributed by atoms with Gasteiger partial charge in [0.15, 0.2) is 0 Å². The first-order valence-corrected chi connectivity index (χ1v) is 7.22. The van der Waals surface area contributed by atoms with E-state index in [9.17, 15) is 4.39 Å². The number of benzene rings is 1. The molecule has 0 bridgehead atoms. The summed E-state index contributed by atoms with van der Waals surface area (Å²) in [7, 11) is 1.60. The van der Waals surface area contributed by atoms with Crippen LogP contribution in [0.15, 0.2) is 18.2 Å². The Labute approximate surface area is 111 Å². The highest BCUT2D eigenvalue weighted by Crippen LogP contribution is 2.37. The molecule has 1 aromatic carbocycles. The Morgan fingerprint density at radius 3 is 2.94 bits per heavy atom. The number of methoxy groups -OCH3 is 1. The first kappa shape index (κ1) is 13.6. The van der Waals surface area contributed by atoms with Crippen molar-refractivity contribution in [1.29, 1.82) is 0 Å². The fraction of sp³-hybridized carbons (Fsp3) is 0.538. The second kappa shape index (κ2) is 6.41. The first-order valence-electron chi connectivity index (χ1n) is 6.17. The number of nitrogens with two attached hydrogens (primary N) is 1. The van der Waals surface area contributed by atoms with Crippen LogP contribution in [0.25, 0.3) is 0 Å². The second-order valence-corrected chi connectivity index (χ2v) is 5.78. The van der Waals surface area contributed by atoms with Gasteiger partial charge >= 0.3 is 0 Å². The van der Waals surface area contributed by atoms with Crippen LogP contribution in [0, 0.1) is 5.82 Å². The van der Waals surface area contributed by atoms with Gasteiger partial charge in [-0.25, -0.2) is 4.39 Å². The Kier molecular flexibility index (Phi) is 4.86. The third kappa shape index (κ3) is 2.96. The number of hydrogen-bond acceptors (Lipinski definition) is 4. The lowest BCUT2D eigenvalue weighted by Crippen LogP contribution is -2.36. The van der Waals surface area contributed by atoms with E-state index in [4.69, 9.17) is 10.6 Å². The van der Waals surface area contributed by atoms with E-state index in [1.54, 1.807) is 13.2 Å². The van der Waals surface area contributed by atoms with Gasteiger partial charge in [-0.1, -0.05) is 6.42 Å². The molecule has 1 fully saturated rings. The van der Waals surface area contributed by atoms with Crippen molar-refractivity contribution >= 4 is 11.8 Å². The molecule has 2 atom stereocenters. The highest BCUT2D eigenvalue weighted by molar-refractivity contribution is 8.00. The Bertz CT molecular complexity index is 397. The van der Waals surface area contributed by atoms with Crippen LogP contribution in [0.4, 0.5) is 4.39 Å². The molecule has 5 heteroatoms. The number of nitrogens with one attached hydrogen (secondary N) is 1. The summed E-state index contributed by atoms with van der Waals surface area (Å²) in [6, 6.07) is 4.51. The maximum atomic E-state index is 13.4. The van der Waals surface area contributed by atoms with Gasteiger partial charge in [-0.3, -0.25) is 11.3 Å². The SMILES string of the molecule is COc1ccc(F)cc1C(NN)C1CCCCS1. The summed E-state index contributed by atoms with van der Waals surface area (Å²) in [5.41, 5.74) is 3.63. The fourth-order valence-corrected chi connectivity index (χ4v) is 3.80. The maximum absolute atomic E-state index is 13.4. The van der Waals surface area contributed by atoms with E-state index in [0.717, 1.165) is 17.7 Å². The molecule has 1 saturated heterocycles. The van der Waals surface area contributed by atoms with Crippen LogP contribution in [-0.2, 0) is 0 Å². The molecule has 0 spiro atoms. The van der Waals surface area contributed by atoms with Gasteiger partial charge in [0.25, 0.3) is 0 Å². The molecule has 0 radical (unpaired) electrons. The molecule has 0 aliphatic carbocycles. The molecule has 0 amide bonds. The summed E-state index contributed by atoms with van der Waals surface area (Å²) in [6.07, 6.45) is 3.55. The molecule has 0 saturated carbocycles. The van der Waals surface area contributed by atoms with E-state index in [0.29, 0.717) is 11.0 Å². The van der Waals surface area contributed by atoms with Crippen LogP contribution in [0.2, 0.25) is 0 Å². The number of ether oxygens (including phenoxy) is 1. The minimum absolute atomic E-state index is 0.0686. The molecule has 100 valence electrons. The summed E-state index contributed by atoms with van der Waals surface area (Å²) < 4.78 is 18.7. The predicted molar refractivity (Wildman–Crippen MR) is 73.1 cm³/mol. The summed E-state index contributed by atoms with van der Waals surface area (Å²) in [4.78, 5) is 0. The van der Waals surface area contributed by atoms with E-state index in [2.05, 4.69) is 5.43 Å². The van der Waals surface area contributed by atoms with Gasteiger partial charge in [-0.05, 0) is 36.8 Å². The van der Waals surface area contributed by atoms with Crippen LogP contribution in [-0.4, -0.2) is 18.1 Å². The Hall–Kier alpha value is -0.780. The minimum Gasteiger partial charge on any atom is -0.496 e. The standard InChI is InChI=1S/C13H19FN2OS/c1-17-11-6-5-9(14)8-10(11)13(16-15)12-4-2-3-7-18-12/h5-6,8,12-13,16H,2-4,7,15H2,1H3. The van der Waals surface area contributed by atoms with Crippen LogP contribution in [0.1, 0.15) is 30.9 Å². The fourth-order valence-electron chi connectivity index (χ4n) is 2.37. The molecule has 0 aromatic heterocycles. The van der Waals surface area contributed by atoms with Crippen LogP contribution >= 0.6 is 11.8 Å². The Morgan fingerprint density at radius 1 is 1.50 bits per heavy atom. The lowest BCUT2D eigenvalue weighted by Gasteiger charge is -2.30. The molecular formula is C13H19FN2OS. The van der Waals surface area contributed by atoms with Gasteiger partial charge in [-0.15, -0.1) is 0 Å². The zero-order valence-corrected chi connectivity index (χ0v) is 11.3. The summed E-state index contributed by atoms with van der Waals surface area (Å²) in [6.45, 7) is 0. The van der Waals surface area contributed by atoms with Crippen molar-refractivity contribution in [3.8, 4) is 5.75 Å². The van der Waals surface area contributed by atoms with Gasteiger partial charge in [0, 0.05) is 10.8 Å². The molecule has 2 unspecified atom stereocenters. The van der Waals surface area contributed by atoms with Crippen molar-refractivity contribution in [2.24, 2.45) is 5.84 Å². The third-order valence-electron chi connectivity index (χ3n) is 3.29. The molecule has 1 aliphatic heterocycles. The normalized spacial score (nSPS) is 21.6. The van der Waals surface area contributed by atoms with Crippen LogP contribution < -0.4 is 16.0 Å². The van der Waals surface area contributed by atoms with Crippen molar-refractivity contribution in [3.63, 3.8) is 0 Å². The van der Waals surface area contributed by atoms with Gasteiger partial charge in [0.1, 0.15) is 11.6 Å². The van der Waals surface area contributed by atoms with E-state index in [-0.39, 0.29) is 11.9 Å². The van der Waals surface area contributed by atoms with Crippen LogP contribution in [0.5, 0.6) is 5.75 Å². The average Bonchev–Trinajstić information content (AvgIpc) is 2.41. The van der Waals surface area contributed by atoms with Crippen molar-refractivity contribution in [2.45, 2.75) is 30.6 Å². The predicted octanol–water partition coefficient (Wildman–Crippen LogP) is 2.62. The third-order valence-corrected chi connectivity index (χ3v) is 4.75. The molecular weight excluding hydrogens is 251 g/mol.